The molecule has 0 aromatic heterocycles. The van der Waals surface area contributed by atoms with Gasteiger partial charge in [-0.1, -0.05) is 41.9 Å². The van der Waals surface area contributed by atoms with E-state index in [-0.39, 0.29) is 24.4 Å². The Labute approximate surface area is 150 Å². The zero-order chi connectivity index (χ0) is 18.2. The first-order chi connectivity index (χ1) is 12.0. The Morgan fingerprint density at radius 1 is 1.00 bits per heavy atom. The van der Waals surface area contributed by atoms with Gasteiger partial charge in [0.25, 0.3) is 0 Å². The van der Waals surface area contributed by atoms with E-state index in [1.54, 1.807) is 43.3 Å². The number of anilines is 1. The molecule has 0 heterocycles. The first-order valence-electron chi connectivity index (χ1n) is 7.61. The van der Waals surface area contributed by atoms with Crippen LogP contribution in [-0.2, 0) is 20.9 Å². The summed E-state index contributed by atoms with van der Waals surface area (Å²) in [6, 6.07) is 13.3. The summed E-state index contributed by atoms with van der Waals surface area (Å²) >= 11 is 6.00. The molecule has 2 N–H and O–H groups in total. The molecular formula is C18H17ClN2O4. The fourth-order valence-electron chi connectivity index (χ4n) is 2.06. The van der Waals surface area contributed by atoms with Crippen LogP contribution in [0.1, 0.15) is 22.8 Å². The summed E-state index contributed by atoms with van der Waals surface area (Å²) < 4.78 is 4.92. The summed E-state index contributed by atoms with van der Waals surface area (Å²) in [5.74, 6) is -2.29. The van der Waals surface area contributed by atoms with Crippen LogP contribution >= 0.6 is 11.6 Å². The first kappa shape index (κ1) is 18.5. The average Bonchev–Trinajstić information content (AvgIpc) is 2.61. The largest absolute Gasteiger partial charge is 0.462 e. The van der Waals surface area contributed by atoms with E-state index < -0.39 is 17.8 Å². The van der Waals surface area contributed by atoms with Gasteiger partial charge in [-0.2, -0.15) is 0 Å². The Bertz CT molecular complexity index is 792. The Kier molecular flexibility index (Phi) is 6.54. The normalized spacial score (nSPS) is 10.0. The van der Waals surface area contributed by atoms with E-state index in [4.69, 9.17) is 16.3 Å². The molecule has 0 atom stereocenters. The van der Waals surface area contributed by atoms with Gasteiger partial charge in [0, 0.05) is 11.6 Å². The van der Waals surface area contributed by atoms with E-state index >= 15 is 0 Å². The highest BCUT2D eigenvalue weighted by Gasteiger charge is 2.18. The molecule has 0 radical (unpaired) electrons. The van der Waals surface area contributed by atoms with Crippen LogP contribution < -0.4 is 10.6 Å². The van der Waals surface area contributed by atoms with E-state index in [9.17, 15) is 14.4 Å². The van der Waals surface area contributed by atoms with Gasteiger partial charge in [0.2, 0.25) is 0 Å². The number of benzene rings is 2. The van der Waals surface area contributed by atoms with E-state index in [2.05, 4.69) is 10.6 Å². The van der Waals surface area contributed by atoms with Gasteiger partial charge in [-0.15, -0.1) is 0 Å². The number of rotatable bonds is 5. The number of esters is 1. The fourth-order valence-corrected chi connectivity index (χ4v) is 2.26. The standard InChI is InChI=1S/C18H17ClN2O4/c1-2-25-18(24)13-8-4-6-10-15(13)21-17(23)16(22)20-11-12-7-3-5-9-14(12)19/h3-10H,2,11H2,1H3,(H,20,22)(H,21,23). The smallest absolute Gasteiger partial charge is 0.340 e. The lowest BCUT2D eigenvalue weighted by molar-refractivity contribution is -0.136. The van der Waals surface area contributed by atoms with Crippen molar-refractivity contribution in [3.05, 3.63) is 64.7 Å². The van der Waals surface area contributed by atoms with Crippen LogP contribution in [0.3, 0.4) is 0 Å². The molecule has 0 unspecified atom stereocenters. The Morgan fingerprint density at radius 3 is 2.40 bits per heavy atom. The second-order valence-corrected chi connectivity index (χ2v) is 5.40. The number of carbonyl (C=O) groups is 3. The zero-order valence-electron chi connectivity index (χ0n) is 13.5. The number of amides is 2. The molecule has 0 aliphatic rings. The van der Waals surface area contributed by atoms with Crippen molar-refractivity contribution in [1.29, 1.82) is 0 Å². The highest BCUT2D eigenvalue weighted by Crippen LogP contribution is 2.17. The lowest BCUT2D eigenvalue weighted by atomic mass is 10.2. The van der Waals surface area contributed by atoms with E-state index in [0.29, 0.717) is 10.6 Å². The second kappa shape index (κ2) is 8.84. The van der Waals surface area contributed by atoms with Crippen molar-refractivity contribution in [2.24, 2.45) is 0 Å². The predicted molar refractivity (Wildman–Crippen MR) is 94.3 cm³/mol. The van der Waals surface area contributed by atoms with Crippen molar-refractivity contribution in [2.45, 2.75) is 13.5 Å². The molecule has 2 amide bonds. The molecule has 25 heavy (non-hydrogen) atoms. The van der Waals surface area contributed by atoms with Gasteiger partial charge in [-0.25, -0.2) is 4.79 Å². The Morgan fingerprint density at radius 2 is 1.68 bits per heavy atom. The van der Waals surface area contributed by atoms with Crippen LogP contribution in [0.4, 0.5) is 5.69 Å². The minimum Gasteiger partial charge on any atom is -0.462 e. The van der Waals surface area contributed by atoms with Crippen LogP contribution in [0.5, 0.6) is 0 Å². The number of ether oxygens (including phenoxy) is 1. The van der Waals surface area contributed by atoms with Gasteiger partial charge in [0.15, 0.2) is 0 Å². The number of halogens is 1. The summed E-state index contributed by atoms with van der Waals surface area (Å²) in [5, 5.41) is 5.39. The van der Waals surface area contributed by atoms with Gasteiger partial charge >= 0.3 is 17.8 Å². The summed E-state index contributed by atoms with van der Waals surface area (Å²) in [6.07, 6.45) is 0. The highest BCUT2D eigenvalue weighted by atomic mass is 35.5. The van der Waals surface area contributed by atoms with Crippen molar-refractivity contribution >= 4 is 35.1 Å². The molecule has 130 valence electrons. The van der Waals surface area contributed by atoms with Crippen molar-refractivity contribution in [1.82, 2.24) is 5.32 Å². The molecule has 0 aliphatic heterocycles. The molecule has 2 aromatic rings. The third kappa shape index (κ3) is 5.06. The quantitative estimate of drug-likeness (QED) is 0.634. The maximum Gasteiger partial charge on any atom is 0.340 e. The highest BCUT2D eigenvalue weighted by molar-refractivity contribution is 6.40. The maximum atomic E-state index is 12.0. The Balaban J connectivity index is 2.01. The first-order valence-corrected chi connectivity index (χ1v) is 7.99. The molecule has 0 saturated carbocycles. The number of nitrogens with one attached hydrogen (secondary N) is 2. The average molecular weight is 361 g/mol. The van der Waals surface area contributed by atoms with Crippen molar-refractivity contribution in [2.75, 3.05) is 11.9 Å². The van der Waals surface area contributed by atoms with Crippen molar-refractivity contribution in [3.8, 4) is 0 Å². The molecule has 2 rings (SSSR count). The molecule has 0 bridgehead atoms. The number of carbonyl (C=O) groups excluding carboxylic acids is 3. The molecule has 0 fully saturated rings. The van der Waals surface area contributed by atoms with Crippen LogP contribution in [0.2, 0.25) is 5.02 Å². The van der Waals surface area contributed by atoms with Gasteiger partial charge in [0.05, 0.1) is 17.9 Å². The monoisotopic (exact) mass is 360 g/mol. The molecule has 0 saturated heterocycles. The summed E-state index contributed by atoms with van der Waals surface area (Å²) in [4.78, 5) is 35.9. The van der Waals surface area contributed by atoms with Crippen LogP contribution in [-0.4, -0.2) is 24.4 Å². The summed E-state index contributed by atoms with van der Waals surface area (Å²) in [7, 11) is 0. The second-order valence-electron chi connectivity index (χ2n) is 4.99. The van der Waals surface area contributed by atoms with Crippen LogP contribution in [0.25, 0.3) is 0 Å². The van der Waals surface area contributed by atoms with Crippen LogP contribution in [0, 0.1) is 0 Å². The lowest BCUT2D eigenvalue weighted by Gasteiger charge is -2.10. The van der Waals surface area contributed by atoms with E-state index in [1.165, 1.54) is 12.1 Å². The number of hydrogen-bond acceptors (Lipinski definition) is 4. The van der Waals surface area contributed by atoms with Gasteiger partial charge in [0.1, 0.15) is 0 Å². The molecule has 7 heteroatoms. The molecule has 0 aliphatic carbocycles. The van der Waals surface area contributed by atoms with Gasteiger partial charge < -0.3 is 15.4 Å². The molecule has 0 spiro atoms. The van der Waals surface area contributed by atoms with Crippen LogP contribution in [0.15, 0.2) is 48.5 Å². The van der Waals surface area contributed by atoms with Crippen molar-refractivity contribution in [3.63, 3.8) is 0 Å². The van der Waals surface area contributed by atoms with E-state index in [1.807, 2.05) is 0 Å². The number of hydrogen-bond donors (Lipinski definition) is 2. The third-order valence-electron chi connectivity index (χ3n) is 3.27. The fraction of sp³-hybridized carbons (Fsp3) is 0.167. The van der Waals surface area contributed by atoms with Gasteiger partial charge in [-0.3, -0.25) is 9.59 Å². The SMILES string of the molecule is CCOC(=O)c1ccccc1NC(=O)C(=O)NCc1ccccc1Cl. The minimum atomic E-state index is -0.885. The zero-order valence-corrected chi connectivity index (χ0v) is 14.3. The summed E-state index contributed by atoms with van der Waals surface area (Å²) in [6.45, 7) is 2.01. The minimum absolute atomic E-state index is 0.117. The third-order valence-corrected chi connectivity index (χ3v) is 3.64. The Hall–Kier alpha value is -2.86. The summed E-state index contributed by atoms with van der Waals surface area (Å²) in [5.41, 5.74) is 1.08. The topological polar surface area (TPSA) is 84.5 Å². The molecular weight excluding hydrogens is 344 g/mol. The lowest BCUT2D eigenvalue weighted by Crippen LogP contribution is -2.35. The predicted octanol–water partition coefficient (Wildman–Crippen LogP) is 2.77. The van der Waals surface area contributed by atoms with Crippen molar-refractivity contribution < 1.29 is 19.1 Å². The maximum absolute atomic E-state index is 12.0. The van der Waals surface area contributed by atoms with Gasteiger partial charge in [-0.05, 0) is 30.7 Å². The molecule has 2 aromatic carbocycles. The molecule has 6 nitrogen and oxygen atoms in total. The number of para-hydroxylation sites is 1. The van der Waals surface area contributed by atoms with E-state index in [0.717, 1.165) is 0 Å².